The first-order chi connectivity index (χ1) is 16.3. The number of halogens is 2. The van der Waals surface area contributed by atoms with Gasteiger partial charge in [-0.15, -0.1) is 0 Å². The van der Waals surface area contributed by atoms with Crippen LogP contribution in [0.4, 0.5) is 14.9 Å². The minimum atomic E-state index is -0.601. The number of imide groups is 1. The summed E-state index contributed by atoms with van der Waals surface area (Å²) in [6.07, 6.45) is 0.510. The van der Waals surface area contributed by atoms with Gasteiger partial charge in [-0.05, 0) is 37.1 Å². The fourth-order valence-electron chi connectivity index (χ4n) is 4.62. The van der Waals surface area contributed by atoms with Gasteiger partial charge in [0.2, 0.25) is 5.91 Å². The van der Waals surface area contributed by atoms with E-state index >= 15 is 0 Å². The summed E-state index contributed by atoms with van der Waals surface area (Å²) in [7, 11) is 0. The predicted octanol–water partition coefficient (Wildman–Crippen LogP) is 2.89. The van der Waals surface area contributed by atoms with Crippen LogP contribution in [0, 0.1) is 5.82 Å². The molecule has 2 saturated heterocycles. The van der Waals surface area contributed by atoms with E-state index in [2.05, 4.69) is 10.7 Å². The smallest absolute Gasteiger partial charge is 0.323 e. The highest BCUT2D eigenvalue weighted by molar-refractivity contribution is 6.33. The van der Waals surface area contributed by atoms with Crippen molar-refractivity contribution in [3.63, 3.8) is 0 Å². The van der Waals surface area contributed by atoms with Crippen LogP contribution in [0.15, 0.2) is 48.5 Å². The lowest BCUT2D eigenvalue weighted by Crippen LogP contribution is -2.67. The van der Waals surface area contributed by atoms with E-state index in [0.29, 0.717) is 13.0 Å². The second-order valence-electron chi connectivity index (χ2n) is 8.45. The first kappa shape index (κ1) is 24.1. The number of benzene rings is 2. The first-order valence-corrected chi connectivity index (χ1v) is 11.6. The van der Waals surface area contributed by atoms with E-state index in [4.69, 9.17) is 11.6 Å². The second-order valence-corrected chi connectivity index (χ2v) is 8.85. The van der Waals surface area contributed by atoms with Crippen LogP contribution in [0.25, 0.3) is 0 Å². The Morgan fingerprint density at radius 3 is 2.59 bits per heavy atom. The Labute approximate surface area is 202 Å². The molecule has 0 spiro atoms. The average Bonchev–Trinajstić information content (AvgIpc) is 3.15. The maximum atomic E-state index is 13.5. The third kappa shape index (κ3) is 4.77. The summed E-state index contributed by atoms with van der Waals surface area (Å²) in [5.74, 6) is -1.28. The topological polar surface area (TPSA) is 85.0 Å². The van der Waals surface area contributed by atoms with Crippen molar-refractivity contribution in [3.05, 3.63) is 64.9 Å². The minimum Gasteiger partial charge on any atom is -0.323 e. The summed E-state index contributed by atoms with van der Waals surface area (Å²) >= 11 is 6.03. The predicted molar refractivity (Wildman–Crippen MR) is 127 cm³/mol. The molecule has 2 fully saturated rings. The molecule has 2 aliphatic heterocycles. The Balaban J connectivity index is 1.56. The van der Waals surface area contributed by atoms with E-state index in [-0.39, 0.29) is 35.7 Å². The molecule has 4 amide bonds. The van der Waals surface area contributed by atoms with Crippen molar-refractivity contribution in [1.82, 2.24) is 20.2 Å². The molecule has 8 nitrogen and oxygen atoms in total. The van der Waals surface area contributed by atoms with E-state index in [1.807, 2.05) is 49.2 Å². The number of hydrazine groups is 1. The Morgan fingerprint density at radius 1 is 1.18 bits per heavy atom. The summed E-state index contributed by atoms with van der Waals surface area (Å²) in [6.45, 7) is 4.30. The van der Waals surface area contributed by atoms with Gasteiger partial charge < -0.3 is 10.2 Å². The van der Waals surface area contributed by atoms with E-state index in [1.54, 1.807) is 0 Å². The van der Waals surface area contributed by atoms with Crippen LogP contribution in [0.1, 0.15) is 19.4 Å². The molecule has 10 heteroatoms. The molecule has 0 bridgehead atoms. The highest BCUT2D eigenvalue weighted by atomic mass is 35.5. The first-order valence-electron chi connectivity index (χ1n) is 11.2. The van der Waals surface area contributed by atoms with Gasteiger partial charge in [0.05, 0.1) is 16.8 Å². The zero-order chi connectivity index (χ0) is 24.4. The number of carbonyl (C=O) groups excluding carboxylic acids is 3. The van der Waals surface area contributed by atoms with Crippen LogP contribution in [0.2, 0.25) is 5.02 Å². The molecular formula is C24H27ClFN5O3. The van der Waals surface area contributed by atoms with E-state index in [1.165, 1.54) is 21.9 Å². The molecule has 0 radical (unpaired) electrons. The van der Waals surface area contributed by atoms with Crippen molar-refractivity contribution < 1.29 is 18.8 Å². The van der Waals surface area contributed by atoms with Crippen molar-refractivity contribution in [2.75, 3.05) is 25.0 Å². The van der Waals surface area contributed by atoms with Crippen molar-refractivity contribution in [2.24, 2.45) is 0 Å². The third-order valence-electron chi connectivity index (χ3n) is 6.22. The van der Waals surface area contributed by atoms with Crippen LogP contribution in [-0.2, 0) is 16.0 Å². The van der Waals surface area contributed by atoms with Crippen molar-refractivity contribution in [3.8, 4) is 0 Å². The molecule has 2 aromatic rings. The monoisotopic (exact) mass is 487 g/mol. The average molecular weight is 488 g/mol. The van der Waals surface area contributed by atoms with Crippen molar-refractivity contribution in [1.29, 1.82) is 0 Å². The normalized spacial score (nSPS) is 22.8. The molecular weight excluding hydrogens is 461 g/mol. The molecule has 2 heterocycles. The lowest BCUT2D eigenvalue weighted by Gasteiger charge is -2.43. The number of likely N-dealkylation sites (N-methyl/N-ethyl adjacent to an activating group) is 1. The number of rotatable bonds is 7. The number of fused-ring (bicyclic) bond motifs is 1. The van der Waals surface area contributed by atoms with Crippen LogP contribution < -0.4 is 10.7 Å². The number of nitrogens with one attached hydrogen (secondary N) is 2. The summed E-state index contributed by atoms with van der Waals surface area (Å²) in [5, 5.41) is 4.52. The highest BCUT2D eigenvalue weighted by Crippen LogP contribution is 2.29. The molecule has 3 atom stereocenters. The third-order valence-corrected chi connectivity index (χ3v) is 6.54. The van der Waals surface area contributed by atoms with Crippen LogP contribution in [-0.4, -0.2) is 70.4 Å². The van der Waals surface area contributed by atoms with Crippen molar-refractivity contribution in [2.45, 2.75) is 38.4 Å². The molecule has 180 valence electrons. The molecule has 2 N–H and O–H groups in total. The van der Waals surface area contributed by atoms with E-state index < -0.39 is 29.8 Å². The number of anilines is 1. The second kappa shape index (κ2) is 10.1. The molecule has 0 aliphatic carbocycles. The molecule has 0 aromatic heterocycles. The lowest BCUT2D eigenvalue weighted by atomic mass is 9.97. The SMILES string of the molecule is CCN1NC(C)C2C1C(=O)N(CCc1ccccc1)C(=O)N2CC(=O)Nc1ccc(F)cc1Cl. The summed E-state index contributed by atoms with van der Waals surface area (Å²) in [6, 6.07) is 11.4. The molecule has 3 unspecified atom stereocenters. The maximum absolute atomic E-state index is 13.5. The number of hydrogen-bond donors (Lipinski definition) is 2. The Hall–Kier alpha value is -3.01. The van der Waals surface area contributed by atoms with Gasteiger partial charge in [-0.2, -0.15) is 0 Å². The van der Waals surface area contributed by atoms with Gasteiger partial charge in [0.25, 0.3) is 5.91 Å². The quantitative estimate of drug-likeness (QED) is 0.627. The number of carbonyl (C=O) groups is 3. The number of amides is 4. The van der Waals surface area contributed by atoms with E-state index in [9.17, 15) is 18.8 Å². The Bertz CT molecular complexity index is 1090. The standard InChI is InChI=1S/C24H27ClFN5O3/c1-3-31-22-21(15(2)28-31)30(14-20(32)27-19-10-9-17(26)13-18(19)25)24(34)29(23(22)33)12-11-16-7-5-4-6-8-16/h4-10,13,15,21-22,28H,3,11-12,14H2,1-2H3,(H,27,32). The molecule has 2 aromatic carbocycles. The fraction of sp³-hybridized carbons (Fsp3) is 0.375. The summed E-state index contributed by atoms with van der Waals surface area (Å²) in [5.41, 5.74) is 4.51. The Kier molecular flexibility index (Phi) is 7.16. The summed E-state index contributed by atoms with van der Waals surface area (Å²) < 4.78 is 13.3. The largest absolute Gasteiger partial charge is 0.327 e. The lowest BCUT2D eigenvalue weighted by molar-refractivity contribution is -0.139. The number of hydrogen-bond acceptors (Lipinski definition) is 5. The Morgan fingerprint density at radius 2 is 1.91 bits per heavy atom. The van der Waals surface area contributed by atoms with Gasteiger partial charge in [0, 0.05) is 19.1 Å². The molecule has 34 heavy (non-hydrogen) atoms. The fourth-order valence-corrected chi connectivity index (χ4v) is 4.83. The van der Waals surface area contributed by atoms with Gasteiger partial charge in [-0.3, -0.25) is 14.5 Å². The van der Waals surface area contributed by atoms with Gasteiger partial charge in [0.15, 0.2) is 0 Å². The molecule has 2 aliphatic rings. The molecule has 4 rings (SSSR count). The molecule has 0 saturated carbocycles. The van der Waals surface area contributed by atoms with Crippen LogP contribution in [0.3, 0.4) is 0 Å². The minimum absolute atomic E-state index is 0.0592. The van der Waals surface area contributed by atoms with Gasteiger partial charge in [-0.1, -0.05) is 48.9 Å². The van der Waals surface area contributed by atoms with Gasteiger partial charge >= 0.3 is 6.03 Å². The van der Waals surface area contributed by atoms with Gasteiger partial charge in [0.1, 0.15) is 18.4 Å². The highest BCUT2D eigenvalue weighted by Gasteiger charge is 2.54. The van der Waals surface area contributed by atoms with E-state index in [0.717, 1.165) is 11.6 Å². The van der Waals surface area contributed by atoms with Gasteiger partial charge in [-0.25, -0.2) is 19.6 Å². The van der Waals surface area contributed by atoms with Crippen LogP contribution in [0.5, 0.6) is 0 Å². The number of nitrogens with zero attached hydrogens (tertiary/aromatic N) is 3. The maximum Gasteiger partial charge on any atom is 0.327 e. The van der Waals surface area contributed by atoms with Crippen molar-refractivity contribution >= 4 is 35.1 Å². The zero-order valence-corrected chi connectivity index (χ0v) is 19.8. The van der Waals surface area contributed by atoms with Crippen LogP contribution >= 0.6 is 11.6 Å². The summed E-state index contributed by atoms with van der Waals surface area (Å²) in [4.78, 5) is 42.4. The zero-order valence-electron chi connectivity index (χ0n) is 19.0. The number of urea groups is 1.